The number of anilines is 1. The van der Waals surface area contributed by atoms with Gasteiger partial charge in [-0.2, -0.15) is 10.4 Å². The minimum Gasteiger partial charge on any atom is -0.383 e. The largest absolute Gasteiger partial charge is 0.383 e. The molecule has 156 valence electrons. The fraction of sp³-hybridized carbons (Fsp3) is 0.0909. The lowest BCUT2D eigenvalue weighted by Crippen LogP contribution is -2.13. The van der Waals surface area contributed by atoms with Crippen LogP contribution in [0, 0.1) is 23.0 Å². The molecule has 4 aromatic heterocycles. The molecule has 1 atom stereocenters. The predicted molar refractivity (Wildman–Crippen MR) is 113 cm³/mol. The predicted octanol–water partition coefficient (Wildman–Crippen LogP) is 3.78. The van der Waals surface area contributed by atoms with E-state index >= 15 is 0 Å². The summed E-state index contributed by atoms with van der Waals surface area (Å²) in [5.41, 5.74) is 8.49. The average Bonchev–Trinajstić information content (AvgIpc) is 3.18. The van der Waals surface area contributed by atoms with Crippen molar-refractivity contribution in [1.82, 2.24) is 29.7 Å². The molecule has 0 aliphatic rings. The van der Waals surface area contributed by atoms with Gasteiger partial charge in [0.2, 0.25) is 0 Å². The Morgan fingerprint density at radius 1 is 1.09 bits per heavy atom. The minimum atomic E-state index is -0.540. The quantitative estimate of drug-likeness (QED) is 0.464. The molecule has 0 unspecified atom stereocenters. The van der Waals surface area contributed by atoms with Crippen molar-refractivity contribution in [2.45, 2.75) is 13.0 Å². The van der Waals surface area contributed by atoms with Gasteiger partial charge in [0, 0.05) is 22.7 Å². The fourth-order valence-corrected chi connectivity index (χ4v) is 3.73. The molecule has 0 spiro atoms. The summed E-state index contributed by atoms with van der Waals surface area (Å²) >= 11 is 0. The van der Waals surface area contributed by atoms with E-state index in [-0.39, 0.29) is 11.5 Å². The van der Waals surface area contributed by atoms with E-state index in [1.54, 1.807) is 12.1 Å². The molecule has 10 heteroatoms. The van der Waals surface area contributed by atoms with E-state index < -0.39 is 17.7 Å². The van der Waals surface area contributed by atoms with Gasteiger partial charge in [-0.3, -0.25) is 4.98 Å². The van der Waals surface area contributed by atoms with Crippen molar-refractivity contribution in [3.05, 3.63) is 72.1 Å². The highest BCUT2D eigenvalue weighted by Crippen LogP contribution is 2.34. The maximum Gasteiger partial charge on any atom is 0.175 e. The summed E-state index contributed by atoms with van der Waals surface area (Å²) in [7, 11) is 0. The third-order valence-electron chi connectivity index (χ3n) is 5.21. The average molecular weight is 428 g/mol. The van der Waals surface area contributed by atoms with E-state index in [0.29, 0.717) is 38.8 Å². The number of hydrogen-bond donors (Lipinski definition) is 1. The summed E-state index contributed by atoms with van der Waals surface area (Å²) in [6.07, 6.45) is 3.89. The lowest BCUT2D eigenvalue weighted by atomic mass is 9.99. The molecule has 32 heavy (non-hydrogen) atoms. The van der Waals surface area contributed by atoms with Crippen molar-refractivity contribution in [1.29, 1.82) is 5.26 Å². The smallest absolute Gasteiger partial charge is 0.175 e. The van der Waals surface area contributed by atoms with E-state index in [9.17, 15) is 14.0 Å². The molecule has 4 heterocycles. The molecule has 0 fully saturated rings. The zero-order valence-electron chi connectivity index (χ0n) is 16.7. The first-order valence-electron chi connectivity index (χ1n) is 9.56. The number of benzene rings is 1. The molecule has 1 aromatic carbocycles. The highest BCUT2D eigenvalue weighted by atomic mass is 19.1. The van der Waals surface area contributed by atoms with E-state index in [4.69, 9.17) is 10.7 Å². The first kappa shape index (κ1) is 19.4. The van der Waals surface area contributed by atoms with Gasteiger partial charge in [0.05, 0.1) is 28.8 Å². The van der Waals surface area contributed by atoms with Gasteiger partial charge in [0.1, 0.15) is 29.8 Å². The second-order valence-electron chi connectivity index (χ2n) is 7.19. The Labute approximate surface area is 180 Å². The SMILES string of the molecule is C[C@@H](c1nc2ccc(F)cc2cc1-c1cncc(F)c1)n1nc(C#N)c2c(N)ncnc21. The molecule has 5 aromatic rings. The van der Waals surface area contributed by atoms with Crippen LogP contribution in [-0.4, -0.2) is 29.7 Å². The van der Waals surface area contributed by atoms with Gasteiger partial charge in [-0.05, 0) is 37.3 Å². The number of rotatable bonds is 3. The van der Waals surface area contributed by atoms with Crippen molar-refractivity contribution in [2.24, 2.45) is 0 Å². The van der Waals surface area contributed by atoms with Crippen LogP contribution in [0.3, 0.4) is 0 Å². The summed E-state index contributed by atoms with van der Waals surface area (Å²) in [6, 6.07) is 8.77. The van der Waals surface area contributed by atoms with Gasteiger partial charge in [-0.1, -0.05) is 0 Å². The van der Waals surface area contributed by atoms with E-state index in [1.807, 2.05) is 13.0 Å². The molecule has 0 amide bonds. The molecule has 0 aliphatic heterocycles. The van der Waals surface area contributed by atoms with Crippen molar-refractivity contribution >= 4 is 27.8 Å². The minimum absolute atomic E-state index is 0.0850. The molecule has 5 rings (SSSR count). The van der Waals surface area contributed by atoms with Gasteiger partial charge in [-0.15, -0.1) is 0 Å². The molecule has 2 N–H and O–H groups in total. The monoisotopic (exact) mass is 428 g/mol. The molecule has 0 bridgehead atoms. The van der Waals surface area contributed by atoms with Crippen molar-refractivity contribution in [3.63, 3.8) is 0 Å². The summed E-state index contributed by atoms with van der Waals surface area (Å²) in [4.78, 5) is 16.9. The Morgan fingerprint density at radius 3 is 2.72 bits per heavy atom. The Hall–Kier alpha value is -4.52. The van der Waals surface area contributed by atoms with Gasteiger partial charge >= 0.3 is 0 Å². The first-order chi connectivity index (χ1) is 15.5. The van der Waals surface area contributed by atoms with Crippen LogP contribution in [0.4, 0.5) is 14.6 Å². The highest BCUT2D eigenvalue weighted by molar-refractivity contribution is 5.90. The number of fused-ring (bicyclic) bond motifs is 2. The Bertz CT molecular complexity index is 1550. The third-order valence-corrected chi connectivity index (χ3v) is 5.21. The van der Waals surface area contributed by atoms with Crippen molar-refractivity contribution in [2.75, 3.05) is 5.73 Å². The maximum atomic E-state index is 14.0. The van der Waals surface area contributed by atoms with Gasteiger partial charge in [0.25, 0.3) is 0 Å². The van der Waals surface area contributed by atoms with Gasteiger partial charge < -0.3 is 5.73 Å². The van der Waals surface area contributed by atoms with Crippen LogP contribution < -0.4 is 5.73 Å². The molecule has 0 aliphatic carbocycles. The zero-order valence-corrected chi connectivity index (χ0v) is 16.7. The summed E-state index contributed by atoms with van der Waals surface area (Å²) in [5.74, 6) is -0.786. The van der Waals surface area contributed by atoms with Crippen LogP contribution in [0.15, 0.2) is 49.1 Å². The standard InChI is InChI=1S/C22H14F2N8/c1-11(32-22-19(18(7-25)31-32)21(26)28-10-29-22)20-16(13-5-15(24)9-27-8-13)6-12-4-14(23)2-3-17(12)30-20/h2-6,8-11H,1H3,(H2,26,28,29)/t11-/m0/s1. The van der Waals surface area contributed by atoms with Gasteiger partial charge in [-0.25, -0.2) is 28.4 Å². The fourth-order valence-electron chi connectivity index (χ4n) is 3.73. The number of nitriles is 1. The summed E-state index contributed by atoms with van der Waals surface area (Å²) in [6.45, 7) is 1.82. The summed E-state index contributed by atoms with van der Waals surface area (Å²) < 4.78 is 29.3. The van der Waals surface area contributed by atoms with Crippen molar-refractivity contribution in [3.8, 4) is 17.2 Å². The molecular weight excluding hydrogens is 414 g/mol. The Balaban J connectivity index is 1.79. The number of nitrogen functional groups attached to an aromatic ring is 1. The second-order valence-corrected chi connectivity index (χ2v) is 7.19. The Morgan fingerprint density at radius 2 is 1.94 bits per heavy atom. The molecule has 0 saturated carbocycles. The molecule has 8 nitrogen and oxygen atoms in total. The number of hydrogen-bond acceptors (Lipinski definition) is 7. The van der Waals surface area contributed by atoms with Crippen LogP contribution in [0.25, 0.3) is 33.1 Å². The molecule has 0 saturated heterocycles. The van der Waals surface area contributed by atoms with Crippen LogP contribution in [0.5, 0.6) is 0 Å². The number of nitrogens with two attached hydrogens (primary N) is 1. The lowest BCUT2D eigenvalue weighted by molar-refractivity contribution is 0.566. The normalized spacial score (nSPS) is 12.2. The van der Waals surface area contributed by atoms with Crippen LogP contribution in [0.2, 0.25) is 0 Å². The third kappa shape index (κ3) is 3.07. The lowest BCUT2D eigenvalue weighted by Gasteiger charge is -2.18. The number of aromatic nitrogens is 6. The van der Waals surface area contributed by atoms with Crippen molar-refractivity contribution < 1.29 is 8.78 Å². The van der Waals surface area contributed by atoms with E-state index in [0.717, 1.165) is 6.20 Å². The highest BCUT2D eigenvalue weighted by Gasteiger charge is 2.24. The number of nitrogens with zero attached hydrogens (tertiary/aromatic N) is 7. The summed E-state index contributed by atoms with van der Waals surface area (Å²) in [5, 5.41) is 14.8. The van der Waals surface area contributed by atoms with Gasteiger partial charge in [0.15, 0.2) is 11.3 Å². The van der Waals surface area contributed by atoms with Crippen LogP contribution in [0.1, 0.15) is 24.4 Å². The maximum absolute atomic E-state index is 14.0. The Kier molecular flexibility index (Phi) is 4.44. The topological polar surface area (TPSA) is 119 Å². The van der Waals surface area contributed by atoms with E-state index in [2.05, 4.69) is 20.1 Å². The van der Waals surface area contributed by atoms with Crippen LogP contribution >= 0.6 is 0 Å². The van der Waals surface area contributed by atoms with Crippen LogP contribution in [-0.2, 0) is 0 Å². The van der Waals surface area contributed by atoms with E-state index in [1.165, 1.54) is 35.4 Å². The number of pyridine rings is 2. The first-order valence-corrected chi connectivity index (χ1v) is 9.56. The zero-order chi connectivity index (χ0) is 22.4. The molecule has 0 radical (unpaired) electrons. The second kappa shape index (κ2) is 7.31. The molecular formula is C22H14F2N8. The number of halogens is 2.